The zero-order chi connectivity index (χ0) is 9.97. The van der Waals surface area contributed by atoms with Gasteiger partial charge in [-0.25, -0.2) is 4.79 Å². The number of cyclic esters (lactones) is 1. The monoisotopic (exact) mass is 197 g/mol. The highest BCUT2D eigenvalue weighted by molar-refractivity contribution is 5.90. The lowest BCUT2D eigenvalue weighted by Crippen LogP contribution is -2.35. The van der Waals surface area contributed by atoms with Crippen molar-refractivity contribution in [3.8, 4) is 0 Å². The molecular formula is C10H15NO3. The quantitative estimate of drug-likeness (QED) is 0.454. The zero-order valence-corrected chi connectivity index (χ0v) is 8.41. The first-order valence-electron chi connectivity index (χ1n) is 4.98. The van der Waals surface area contributed by atoms with Gasteiger partial charge in [0.05, 0.1) is 25.4 Å². The molecule has 78 valence electrons. The third-order valence-corrected chi connectivity index (χ3v) is 2.75. The van der Waals surface area contributed by atoms with Crippen molar-refractivity contribution < 1.29 is 14.3 Å². The summed E-state index contributed by atoms with van der Waals surface area (Å²) in [5.74, 6) is -0.144. The molecule has 0 aliphatic carbocycles. The van der Waals surface area contributed by atoms with Crippen LogP contribution in [0.25, 0.3) is 0 Å². The molecule has 0 N–H and O–H groups in total. The maximum Gasteiger partial charge on any atom is 0.335 e. The van der Waals surface area contributed by atoms with Gasteiger partial charge >= 0.3 is 5.97 Å². The minimum absolute atomic E-state index is 0.144. The molecular weight excluding hydrogens is 182 g/mol. The van der Waals surface area contributed by atoms with Crippen LogP contribution in [0.1, 0.15) is 13.3 Å². The molecule has 0 atom stereocenters. The largest absolute Gasteiger partial charge is 0.462 e. The predicted molar refractivity (Wildman–Crippen MR) is 50.7 cm³/mol. The standard InChI is InChI=1S/C10H15NO3/c1-8(9-2-5-14-10(9)12)11-3-6-13-7-4-11/h2-7H2,1H3. The van der Waals surface area contributed by atoms with Crippen molar-refractivity contribution in [2.75, 3.05) is 32.9 Å². The Balaban J connectivity index is 2.11. The molecule has 0 amide bonds. The smallest absolute Gasteiger partial charge is 0.335 e. The van der Waals surface area contributed by atoms with E-state index < -0.39 is 0 Å². The second kappa shape index (κ2) is 4.00. The summed E-state index contributed by atoms with van der Waals surface area (Å²) in [6, 6.07) is 0. The maximum absolute atomic E-state index is 11.3. The van der Waals surface area contributed by atoms with Crippen molar-refractivity contribution in [3.63, 3.8) is 0 Å². The molecule has 0 unspecified atom stereocenters. The van der Waals surface area contributed by atoms with Gasteiger partial charge < -0.3 is 14.4 Å². The lowest BCUT2D eigenvalue weighted by atomic mass is 10.1. The first-order valence-corrected chi connectivity index (χ1v) is 4.98. The molecule has 4 heteroatoms. The van der Waals surface area contributed by atoms with Crippen molar-refractivity contribution in [2.45, 2.75) is 13.3 Å². The summed E-state index contributed by atoms with van der Waals surface area (Å²) < 4.78 is 10.2. The van der Waals surface area contributed by atoms with E-state index in [4.69, 9.17) is 9.47 Å². The maximum atomic E-state index is 11.3. The molecule has 0 spiro atoms. The number of hydrogen-bond donors (Lipinski definition) is 0. The van der Waals surface area contributed by atoms with E-state index >= 15 is 0 Å². The Morgan fingerprint density at radius 2 is 2.00 bits per heavy atom. The van der Waals surface area contributed by atoms with Gasteiger partial charge in [-0.3, -0.25) is 0 Å². The first kappa shape index (κ1) is 9.52. The number of carbonyl (C=O) groups is 1. The van der Waals surface area contributed by atoms with Gasteiger partial charge in [-0.1, -0.05) is 0 Å². The molecule has 4 nitrogen and oxygen atoms in total. The average Bonchev–Trinajstić information content (AvgIpc) is 2.65. The number of ether oxygens (including phenoxy) is 2. The molecule has 0 aromatic rings. The number of carbonyl (C=O) groups excluding carboxylic acids is 1. The van der Waals surface area contributed by atoms with Crippen molar-refractivity contribution >= 4 is 5.97 Å². The number of morpholine rings is 1. The first-order chi connectivity index (χ1) is 6.79. The zero-order valence-electron chi connectivity index (χ0n) is 8.41. The van der Waals surface area contributed by atoms with Gasteiger partial charge in [-0.15, -0.1) is 0 Å². The van der Waals surface area contributed by atoms with E-state index in [0.717, 1.165) is 44.0 Å². The van der Waals surface area contributed by atoms with E-state index in [1.807, 2.05) is 6.92 Å². The van der Waals surface area contributed by atoms with Crippen LogP contribution in [0.4, 0.5) is 0 Å². The number of esters is 1. The van der Waals surface area contributed by atoms with Gasteiger partial charge in [0.2, 0.25) is 0 Å². The molecule has 2 fully saturated rings. The van der Waals surface area contributed by atoms with Gasteiger partial charge in [0, 0.05) is 25.2 Å². The molecule has 0 radical (unpaired) electrons. The normalized spacial score (nSPS) is 26.4. The van der Waals surface area contributed by atoms with Gasteiger partial charge in [0.25, 0.3) is 0 Å². The van der Waals surface area contributed by atoms with Crippen LogP contribution in [-0.4, -0.2) is 43.8 Å². The second-order valence-corrected chi connectivity index (χ2v) is 3.55. The molecule has 14 heavy (non-hydrogen) atoms. The number of rotatable bonds is 1. The molecule has 0 aromatic carbocycles. The highest BCUT2D eigenvalue weighted by Gasteiger charge is 2.24. The summed E-state index contributed by atoms with van der Waals surface area (Å²) in [5.41, 5.74) is 1.91. The van der Waals surface area contributed by atoms with Crippen molar-refractivity contribution in [3.05, 3.63) is 11.3 Å². The Bertz CT molecular complexity index is 267. The van der Waals surface area contributed by atoms with Crippen LogP contribution in [0.3, 0.4) is 0 Å². The lowest BCUT2D eigenvalue weighted by Gasteiger charge is -2.30. The van der Waals surface area contributed by atoms with Crippen LogP contribution in [-0.2, 0) is 14.3 Å². The van der Waals surface area contributed by atoms with Crippen LogP contribution in [0.2, 0.25) is 0 Å². The van der Waals surface area contributed by atoms with Crippen molar-refractivity contribution in [1.29, 1.82) is 0 Å². The molecule has 0 bridgehead atoms. The Morgan fingerprint density at radius 3 is 2.57 bits per heavy atom. The average molecular weight is 197 g/mol. The number of hydrogen-bond acceptors (Lipinski definition) is 4. The highest BCUT2D eigenvalue weighted by Crippen LogP contribution is 2.20. The van der Waals surface area contributed by atoms with Crippen LogP contribution >= 0.6 is 0 Å². The summed E-state index contributed by atoms with van der Waals surface area (Å²) in [6.07, 6.45) is 0.752. The molecule has 2 rings (SSSR count). The van der Waals surface area contributed by atoms with Crippen LogP contribution < -0.4 is 0 Å². The van der Waals surface area contributed by atoms with E-state index in [2.05, 4.69) is 4.90 Å². The fourth-order valence-electron chi connectivity index (χ4n) is 1.85. The molecule has 2 heterocycles. The molecule has 0 aromatic heterocycles. The summed E-state index contributed by atoms with van der Waals surface area (Å²) in [4.78, 5) is 13.5. The fourth-order valence-corrected chi connectivity index (χ4v) is 1.85. The Hall–Kier alpha value is -1.03. The molecule has 0 saturated carbocycles. The number of nitrogens with zero attached hydrogens (tertiary/aromatic N) is 1. The van der Waals surface area contributed by atoms with Gasteiger partial charge in [-0.2, -0.15) is 0 Å². The third kappa shape index (κ3) is 1.75. The molecule has 2 aliphatic heterocycles. The van der Waals surface area contributed by atoms with Crippen LogP contribution in [0.15, 0.2) is 11.3 Å². The van der Waals surface area contributed by atoms with E-state index in [1.165, 1.54) is 0 Å². The minimum atomic E-state index is -0.144. The van der Waals surface area contributed by atoms with Gasteiger partial charge in [-0.05, 0) is 6.92 Å². The van der Waals surface area contributed by atoms with Crippen molar-refractivity contribution in [1.82, 2.24) is 4.90 Å². The van der Waals surface area contributed by atoms with E-state index in [0.29, 0.717) is 6.61 Å². The van der Waals surface area contributed by atoms with Gasteiger partial charge in [0.1, 0.15) is 0 Å². The Morgan fingerprint density at radius 1 is 1.29 bits per heavy atom. The fraction of sp³-hybridized carbons (Fsp3) is 0.700. The summed E-state index contributed by atoms with van der Waals surface area (Å²) in [5, 5.41) is 0. The lowest BCUT2D eigenvalue weighted by molar-refractivity contribution is -0.135. The molecule has 2 aliphatic rings. The summed E-state index contributed by atoms with van der Waals surface area (Å²) in [7, 11) is 0. The van der Waals surface area contributed by atoms with Gasteiger partial charge in [0.15, 0.2) is 0 Å². The third-order valence-electron chi connectivity index (χ3n) is 2.75. The minimum Gasteiger partial charge on any atom is -0.462 e. The highest BCUT2D eigenvalue weighted by atomic mass is 16.5. The summed E-state index contributed by atoms with van der Waals surface area (Å²) in [6.45, 7) is 5.79. The Labute approximate surface area is 83.5 Å². The van der Waals surface area contributed by atoms with E-state index in [-0.39, 0.29) is 5.97 Å². The Kier molecular flexibility index (Phi) is 2.72. The topological polar surface area (TPSA) is 38.8 Å². The van der Waals surface area contributed by atoms with E-state index in [1.54, 1.807) is 0 Å². The summed E-state index contributed by atoms with van der Waals surface area (Å²) >= 11 is 0. The SMILES string of the molecule is CC(=C1CCOC1=O)N1CCOCC1. The van der Waals surface area contributed by atoms with Crippen LogP contribution in [0.5, 0.6) is 0 Å². The van der Waals surface area contributed by atoms with Crippen LogP contribution in [0, 0.1) is 0 Å². The number of allylic oxidation sites excluding steroid dienone is 1. The van der Waals surface area contributed by atoms with Crippen molar-refractivity contribution in [2.24, 2.45) is 0 Å². The predicted octanol–water partition coefficient (Wildman–Crippen LogP) is 0.540. The molecule has 2 saturated heterocycles. The van der Waals surface area contributed by atoms with E-state index in [9.17, 15) is 4.79 Å². The second-order valence-electron chi connectivity index (χ2n) is 3.55.